The van der Waals surface area contributed by atoms with E-state index in [0.29, 0.717) is 5.56 Å². The van der Waals surface area contributed by atoms with Crippen LogP contribution in [-0.2, 0) is 9.05 Å². The molecule has 0 aliphatic carbocycles. The molecule has 0 aromatic heterocycles. The summed E-state index contributed by atoms with van der Waals surface area (Å²) in [5.41, 5.74) is 5.82. The Bertz CT molecular complexity index is 481. The van der Waals surface area contributed by atoms with Crippen LogP contribution in [0.3, 0.4) is 0 Å². The number of primary amides is 1. The molecule has 6 heteroatoms. The fraction of sp³-hybridized carbons (Fsp3) is 0.125. The Morgan fingerprint density at radius 1 is 1.43 bits per heavy atom. The van der Waals surface area contributed by atoms with E-state index >= 15 is 0 Å². The summed E-state index contributed by atoms with van der Waals surface area (Å²) < 4.78 is 21.8. The zero-order valence-electron chi connectivity index (χ0n) is 7.32. The highest BCUT2D eigenvalue weighted by molar-refractivity contribution is 8.13. The fourth-order valence-electron chi connectivity index (χ4n) is 1.06. The predicted octanol–water partition coefficient (Wildman–Crippen LogP) is 1.02. The Morgan fingerprint density at radius 2 is 2.00 bits per heavy atom. The number of hydrogen-bond acceptors (Lipinski definition) is 3. The Labute approximate surface area is 86.1 Å². The molecule has 0 spiro atoms. The average Bonchev–Trinajstić information content (AvgIpc) is 2.01. The molecule has 1 aromatic carbocycles. The summed E-state index contributed by atoms with van der Waals surface area (Å²) in [6.07, 6.45) is 0. The highest BCUT2D eigenvalue weighted by Gasteiger charge is 2.12. The summed E-state index contributed by atoms with van der Waals surface area (Å²) in [6.45, 7) is 1.59. The second kappa shape index (κ2) is 3.59. The molecular weight excluding hydrogens is 226 g/mol. The zero-order valence-corrected chi connectivity index (χ0v) is 8.89. The largest absolute Gasteiger partial charge is 0.366 e. The van der Waals surface area contributed by atoms with E-state index in [1.165, 1.54) is 18.2 Å². The van der Waals surface area contributed by atoms with Gasteiger partial charge in [0, 0.05) is 16.2 Å². The second-order valence-corrected chi connectivity index (χ2v) is 5.34. The lowest BCUT2D eigenvalue weighted by atomic mass is 10.1. The molecule has 0 saturated heterocycles. The summed E-state index contributed by atoms with van der Waals surface area (Å²) in [7, 11) is 1.37. The second-order valence-electron chi connectivity index (χ2n) is 2.78. The van der Waals surface area contributed by atoms with Gasteiger partial charge in [0.2, 0.25) is 5.91 Å². The van der Waals surface area contributed by atoms with Crippen LogP contribution in [0.15, 0.2) is 23.1 Å². The molecule has 0 saturated carbocycles. The number of benzene rings is 1. The first kappa shape index (κ1) is 11.0. The predicted molar refractivity (Wildman–Crippen MR) is 52.7 cm³/mol. The first-order valence-corrected chi connectivity index (χ1v) is 5.98. The van der Waals surface area contributed by atoms with Crippen molar-refractivity contribution in [1.29, 1.82) is 0 Å². The minimum Gasteiger partial charge on any atom is -0.366 e. The number of nitrogens with two attached hydrogens (primary N) is 1. The molecule has 0 bridgehead atoms. The molecule has 2 N–H and O–H groups in total. The molecule has 0 atom stereocenters. The van der Waals surface area contributed by atoms with Crippen LogP contribution in [0.2, 0.25) is 0 Å². The van der Waals surface area contributed by atoms with Gasteiger partial charge in [-0.2, -0.15) is 0 Å². The van der Waals surface area contributed by atoms with Crippen LogP contribution in [-0.4, -0.2) is 14.3 Å². The van der Waals surface area contributed by atoms with Crippen molar-refractivity contribution in [2.75, 3.05) is 0 Å². The summed E-state index contributed by atoms with van der Waals surface area (Å²) in [6, 6.07) is 3.89. The van der Waals surface area contributed by atoms with Gasteiger partial charge in [0.25, 0.3) is 9.05 Å². The van der Waals surface area contributed by atoms with Crippen LogP contribution in [0.25, 0.3) is 0 Å². The van der Waals surface area contributed by atoms with Crippen LogP contribution in [0.4, 0.5) is 0 Å². The Balaban J connectivity index is 3.34. The Morgan fingerprint density at radius 3 is 2.36 bits per heavy atom. The lowest BCUT2D eigenvalue weighted by Crippen LogP contribution is -2.12. The molecule has 1 amide bonds. The van der Waals surface area contributed by atoms with Crippen molar-refractivity contribution in [1.82, 2.24) is 0 Å². The molecule has 0 heterocycles. The SMILES string of the molecule is Cc1cc(S(=O)(=O)Cl)ccc1C(N)=O. The third kappa shape index (κ3) is 2.24. The summed E-state index contributed by atoms with van der Waals surface area (Å²) >= 11 is 0. The van der Waals surface area contributed by atoms with E-state index in [1.54, 1.807) is 6.92 Å². The number of hydrogen-bond donors (Lipinski definition) is 1. The van der Waals surface area contributed by atoms with Gasteiger partial charge in [-0.1, -0.05) is 0 Å². The van der Waals surface area contributed by atoms with Gasteiger partial charge in [-0.3, -0.25) is 4.79 Å². The molecule has 0 unspecified atom stereocenters. The van der Waals surface area contributed by atoms with Gasteiger partial charge in [-0.05, 0) is 30.7 Å². The van der Waals surface area contributed by atoms with E-state index in [-0.39, 0.29) is 10.5 Å². The van der Waals surface area contributed by atoms with Crippen molar-refractivity contribution in [3.63, 3.8) is 0 Å². The van der Waals surface area contributed by atoms with Crippen LogP contribution < -0.4 is 5.73 Å². The van der Waals surface area contributed by atoms with Crippen molar-refractivity contribution in [2.24, 2.45) is 5.73 Å². The zero-order chi connectivity index (χ0) is 10.9. The van der Waals surface area contributed by atoms with Crippen molar-refractivity contribution < 1.29 is 13.2 Å². The highest BCUT2D eigenvalue weighted by atomic mass is 35.7. The normalized spacial score (nSPS) is 11.3. The maximum Gasteiger partial charge on any atom is 0.261 e. The topological polar surface area (TPSA) is 77.2 Å². The van der Waals surface area contributed by atoms with E-state index in [9.17, 15) is 13.2 Å². The molecule has 14 heavy (non-hydrogen) atoms. The molecule has 1 aromatic rings. The molecule has 0 fully saturated rings. The van der Waals surface area contributed by atoms with Gasteiger partial charge < -0.3 is 5.73 Å². The molecule has 76 valence electrons. The maximum absolute atomic E-state index is 10.9. The standard InChI is InChI=1S/C8H8ClNO3S/c1-5-4-6(14(9,12)13)2-3-7(5)8(10)11/h2-4H,1H3,(H2,10,11). The van der Waals surface area contributed by atoms with Crippen LogP contribution in [0.5, 0.6) is 0 Å². The van der Waals surface area contributed by atoms with Gasteiger partial charge in [-0.25, -0.2) is 8.42 Å². The van der Waals surface area contributed by atoms with Gasteiger partial charge in [0.05, 0.1) is 4.90 Å². The first-order valence-electron chi connectivity index (χ1n) is 3.67. The molecule has 0 aliphatic heterocycles. The summed E-state index contributed by atoms with van der Waals surface area (Å²) in [4.78, 5) is 10.8. The third-order valence-corrected chi connectivity index (χ3v) is 3.10. The van der Waals surface area contributed by atoms with Gasteiger partial charge in [0.1, 0.15) is 0 Å². The van der Waals surface area contributed by atoms with E-state index in [4.69, 9.17) is 16.4 Å². The molecule has 0 radical (unpaired) electrons. The van der Waals surface area contributed by atoms with Crippen molar-refractivity contribution in [3.8, 4) is 0 Å². The van der Waals surface area contributed by atoms with Crippen LogP contribution in [0.1, 0.15) is 15.9 Å². The van der Waals surface area contributed by atoms with Crippen molar-refractivity contribution >= 4 is 25.6 Å². The van der Waals surface area contributed by atoms with Gasteiger partial charge >= 0.3 is 0 Å². The maximum atomic E-state index is 10.9. The lowest BCUT2D eigenvalue weighted by Gasteiger charge is -2.02. The first-order chi connectivity index (χ1) is 6.32. The smallest absolute Gasteiger partial charge is 0.261 e. The monoisotopic (exact) mass is 233 g/mol. The lowest BCUT2D eigenvalue weighted by molar-refractivity contribution is 0.0999. The van der Waals surface area contributed by atoms with Gasteiger partial charge in [-0.15, -0.1) is 0 Å². The number of amides is 1. The number of carbonyl (C=O) groups excluding carboxylic acids is 1. The van der Waals surface area contributed by atoms with E-state index < -0.39 is 15.0 Å². The number of aryl methyl sites for hydroxylation is 1. The number of rotatable bonds is 2. The molecular formula is C8H8ClNO3S. The minimum atomic E-state index is -3.75. The van der Waals surface area contributed by atoms with Crippen molar-refractivity contribution in [3.05, 3.63) is 29.3 Å². The van der Waals surface area contributed by atoms with E-state index in [2.05, 4.69) is 0 Å². The fourth-order valence-corrected chi connectivity index (χ4v) is 1.90. The van der Waals surface area contributed by atoms with Crippen LogP contribution in [0, 0.1) is 6.92 Å². The third-order valence-electron chi connectivity index (χ3n) is 1.74. The van der Waals surface area contributed by atoms with E-state index in [0.717, 1.165) is 0 Å². The van der Waals surface area contributed by atoms with Crippen LogP contribution >= 0.6 is 10.7 Å². The molecule has 0 aliphatic rings. The number of halogens is 1. The summed E-state index contributed by atoms with van der Waals surface area (Å²) in [5, 5.41) is 0. The van der Waals surface area contributed by atoms with Crippen molar-refractivity contribution in [2.45, 2.75) is 11.8 Å². The number of carbonyl (C=O) groups is 1. The van der Waals surface area contributed by atoms with E-state index in [1.807, 2.05) is 0 Å². The summed E-state index contributed by atoms with van der Waals surface area (Å²) in [5.74, 6) is -0.596. The Kier molecular flexibility index (Phi) is 2.82. The molecule has 1 rings (SSSR count). The Hall–Kier alpha value is -1.07. The molecule has 4 nitrogen and oxygen atoms in total. The average molecular weight is 234 g/mol. The van der Waals surface area contributed by atoms with Gasteiger partial charge in [0.15, 0.2) is 0 Å². The highest BCUT2D eigenvalue weighted by Crippen LogP contribution is 2.18. The quantitative estimate of drug-likeness (QED) is 0.775. The minimum absolute atomic E-state index is 0.0401.